The summed E-state index contributed by atoms with van der Waals surface area (Å²) < 4.78 is 1.27. The molecule has 0 fully saturated rings. The monoisotopic (exact) mass is 353 g/mol. The molecule has 1 unspecified atom stereocenters. The van der Waals surface area contributed by atoms with Gasteiger partial charge in [0, 0.05) is 19.9 Å². The Morgan fingerprint density at radius 2 is 1.82 bits per heavy atom. The van der Waals surface area contributed by atoms with Crippen molar-refractivity contribution in [3.63, 3.8) is 0 Å². The normalized spacial score (nSPS) is 17.8. The molecule has 17 heavy (non-hydrogen) atoms. The van der Waals surface area contributed by atoms with Gasteiger partial charge in [0.25, 0.3) is 0 Å². The topological polar surface area (TPSA) is 12.0 Å². The van der Waals surface area contributed by atoms with Crippen LogP contribution in [0.5, 0.6) is 0 Å². The molecule has 1 aliphatic rings. The molecule has 1 N–H and O–H groups in total. The number of hydrogen-bond donors (Lipinski definition) is 1. The maximum absolute atomic E-state index is 3.60. The number of nitrogens with one attached hydrogen (secondary N) is 1. The average molecular weight is 353 g/mol. The summed E-state index contributed by atoms with van der Waals surface area (Å²) in [7, 11) is 0. The second kappa shape index (κ2) is 4.90. The third-order valence-electron chi connectivity index (χ3n) is 2.89. The van der Waals surface area contributed by atoms with Crippen molar-refractivity contribution in [3.8, 4) is 0 Å². The van der Waals surface area contributed by atoms with Crippen LogP contribution in [0.25, 0.3) is 0 Å². The van der Waals surface area contributed by atoms with Gasteiger partial charge in [-0.05, 0) is 58.5 Å². The summed E-state index contributed by atoms with van der Waals surface area (Å²) in [5, 5.41) is 3.60. The number of benzene rings is 2. The summed E-state index contributed by atoms with van der Waals surface area (Å²) in [4.78, 5) is 1.41. The van der Waals surface area contributed by atoms with Crippen molar-refractivity contribution in [2.45, 2.75) is 10.9 Å². The molecular formula is C14H12INS. The number of hydrogen-bond acceptors (Lipinski definition) is 2. The van der Waals surface area contributed by atoms with Crippen LogP contribution in [0.15, 0.2) is 53.4 Å². The molecule has 0 amide bonds. The fourth-order valence-corrected chi connectivity index (χ4v) is 3.55. The molecule has 0 saturated heterocycles. The fourth-order valence-electron chi connectivity index (χ4n) is 2.03. The third kappa shape index (κ3) is 2.45. The van der Waals surface area contributed by atoms with Crippen LogP contribution in [0.1, 0.15) is 11.6 Å². The van der Waals surface area contributed by atoms with Crippen molar-refractivity contribution in [2.75, 3.05) is 11.1 Å². The zero-order valence-corrected chi connectivity index (χ0v) is 12.2. The van der Waals surface area contributed by atoms with Gasteiger partial charge < -0.3 is 5.32 Å². The summed E-state index contributed by atoms with van der Waals surface area (Å²) in [6.07, 6.45) is 0. The highest BCUT2D eigenvalue weighted by Gasteiger charge is 2.22. The Kier molecular flexibility index (Phi) is 3.29. The lowest BCUT2D eigenvalue weighted by atomic mass is 10.1. The minimum Gasteiger partial charge on any atom is -0.377 e. The Morgan fingerprint density at radius 3 is 2.65 bits per heavy atom. The van der Waals surface area contributed by atoms with Crippen molar-refractivity contribution in [1.82, 2.24) is 0 Å². The minimum absolute atomic E-state index is 0.441. The first kappa shape index (κ1) is 11.4. The standard InChI is InChI=1S/C14H12INS/c15-10-5-7-11(8-6-10)16-13-9-17-14-4-2-1-3-12(13)14/h1-8,13,16H,9H2. The molecule has 1 aliphatic heterocycles. The van der Waals surface area contributed by atoms with Gasteiger partial charge in [-0.1, -0.05) is 18.2 Å². The number of thioether (sulfide) groups is 1. The second-order valence-electron chi connectivity index (χ2n) is 4.05. The largest absolute Gasteiger partial charge is 0.377 e. The maximum Gasteiger partial charge on any atom is 0.0618 e. The first-order valence-electron chi connectivity index (χ1n) is 5.57. The molecule has 1 heterocycles. The van der Waals surface area contributed by atoms with Gasteiger partial charge in [0.05, 0.1) is 6.04 Å². The molecule has 0 saturated carbocycles. The van der Waals surface area contributed by atoms with Crippen LogP contribution in [0, 0.1) is 3.57 Å². The summed E-state index contributed by atoms with van der Waals surface area (Å²) in [5.41, 5.74) is 2.63. The van der Waals surface area contributed by atoms with Crippen molar-refractivity contribution in [1.29, 1.82) is 0 Å². The quantitative estimate of drug-likeness (QED) is 0.795. The van der Waals surface area contributed by atoms with Crippen molar-refractivity contribution in [3.05, 3.63) is 57.7 Å². The molecule has 0 radical (unpaired) electrons. The summed E-state index contributed by atoms with van der Waals surface area (Å²) in [6, 6.07) is 17.7. The molecule has 3 rings (SSSR count). The molecule has 0 spiro atoms. The summed E-state index contributed by atoms with van der Waals surface area (Å²) >= 11 is 4.26. The number of rotatable bonds is 2. The molecule has 86 valence electrons. The lowest BCUT2D eigenvalue weighted by Gasteiger charge is -2.14. The van der Waals surface area contributed by atoms with Crippen LogP contribution in [-0.2, 0) is 0 Å². The lowest BCUT2D eigenvalue weighted by Crippen LogP contribution is -2.09. The molecule has 2 aromatic rings. The van der Waals surface area contributed by atoms with Gasteiger partial charge in [0.2, 0.25) is 0 Å². The van der Waals surface area contributed by atoms with Crippen molar-refractivity contribution in [2.24, 2.45) is 0 Å². The molecule has 2 aromatic carbocycles. The molecular weight excluding hydrogens is 341 g/mol. The van der Waals surface area contributed by atoms with E-state index in [-0.39, 0.29) is 0 Å². The molecule has 1 atom stereocenters. The molecule has 0 bridgehead atoms. The molecule has 0 aromatic heterocycles. The van der Waals surface area contributed by atoms with E-state index in [1.165, 1.54) is 19.7 Å². The second-order valence-corrected chi connectivity index (χ2v) is 6.36. The van der Waals surface area contributed by atoms with Gasteiger partial charge in [0.1, 0.15) is 0 Å². The van der Waals surface area contributed by atoms with Crippen LogP contribution in [0.2, 0.25) is 0 Å². The summed E-state index contributed by atoms with van der Waals surface area (Å²) in [6.45, 7) is 0. The van der Waals surface area contributed by atoms with Crippen LogP contribution < -0.4 is 5.32 Å². The van der Waals surface area contributed by atoms with E-state index in [0.29, 0.717) is 6.04 Å². The Labute approximate surface area is 119 Å². The van der Waals surface area contributed by atoms with Gasteiger partial charge >= 0.3 is 0 Å². The highest BCUT2D eigenvalue weighted by molar-refractivity contribution is 14.1. The van der Waals surface area contributed by atoms with Crippen LogP contribution >= 0.6 is 34.4 Å². The van der Waals surface area contributed by atoms with Gasteiger partial charge in [-0.3, -0.25) is 0 Å². The van der Waals surface area contributed by atoms with Gasteiger partial charge in [-0.2, -0.15) is 0 Å². The Balaban J connectivity index is 1.81. The fraction of sp³-hybridized carbons (Fsp3) is 0.143. The van der Waals surface area contributed by atoms with Crippen LogP contribution in [0.4, 0.5) is 5.69 Å². The molecule has 3 heteroatoms. The SMILES string of the molecule is Ic1ccc(NC2CSc3ccccc32)cc1. The zero-order valence-electron chi connectivity index (χ0n) is 9.19. The van der Waals surface area contributed by atoms with E-state index in [9.17, 15) is 0 Å². The minimum atomic E-state index is 0.441. The van der Waals surface area contributed by atoms with E-state index < -0.39 is 0 Å². The average Bonchev–Trinajstić information content (AvgIpc) is 2.76. The van der Waals surface area contributed by atoms with Crippen molar-refractivity contribution >= 4 is 40.0 Å². The Hall–Kier alpha value is -0.680. The van der Waals surface area contributed by atoms with Gasteiger partial charge in [-0.25, -0.2) is 0 Å². The van der Waals surface area contributed by atoms with Crippen LogP contribution in [0.3, 0.4) is 0 Å². The Morgan fingerprint density at radius 1 is 1.06 bits per heavy atom. The first-order valence-corrected chi connectivity index (χ1v) is 7.63. The van der Waals surface area contributed by atoms with Crippen LogP contribution in [-0.4, -0.2) is 5.75 Å². The van der Waals surface area contributed by atoms with Gasteiger partial charge in [0.15, 0.2) is 0 Å². The third-order valence-corrected chi connectivity index (χ3v) is 4.79. The predicted octanol–water partition coefficient (Wildman–Crippen LogP) is 4.55. The van der Waals surface area contributed by atoms with E-state index in [1.807, 2.05) is 11.8 Å². The first-order chi connectivity index (χ1) is 8.33. The smallest absolute Gasteiger partial charge is 0.0618 e. The highest BCUT2D eigenvalue weighted by atomic mass is 127. The van der Waals surface area contributed by atoms with Gasteiger partial charge in [-0.15, -0.1) is 11.8 Å². The van der Waals surface area contributed by atoms with Crippen molar-refractivity contribution < 1.29 is 0 Å². The zero-order chi connectivity index (χ0) is 11.7. The predicted molar refractivity (Wildman–Crippen MR) is 82.7 cm³/mol. The number of halogens is 1. The maximum atomic E-state index is 3.60. The Bertz CT molecular complexity index is 524. The number of fused-ring (bicyclic) bond motifs is 1. The van der Waals surface area contributed by atoms with E-state index >= 15 is 0 Å². The molecule has 1 nitrogen and oxygen atoms in total. The van der Waals surface area contributed by atoms with E-state index in [4.69, 9.17) is 0 Å². The van der Waals surface area contributed by atoms with E-state index in [0.717, 1.165) is 5.75 Å². The van der Waals surface area contributed by atoms with E-state index in [1.54, 1.807) is 0 Å². The highest BCUT2D eigenvalue weighted by Crippen LogP contribution is 2.39. The van der Waals surface area contributed by atoms with E-state index in [2.05, 4.69) is 76.4 Å². The summed E-state index contributed by atoms with van der Waals surface area (Å²) in [5.74, 6) is 1.12. The molecule has 0 aliphatic carbocycles. The number of anilines is 1. The lowest BCUT2D eigenvalue weighted by molar-refractivity contribution is 0.900.